The van der Waals surface area contributed by atoms with Gasteiger partial charge < -0.3 is 5.11 Å². The highest BCUT2D eigenvalue weighted by Crippen LogP contribution is 2.31. The van der Waals surface area contributed by atoms with Crippen LogP contribution in [0.15, 0.2) is 23.8 Å². The Morgan fingerprint density at radius 1 is 1.33 bits per heavy atom. The van der Waals surface area contributed by atoms with E-state index in [1.165, 1.54) is 31.4 Å². The zero-order valence-corrected chi connectivity index (χ0v) is 11.1. The standard InChI is InChI=1S/C15H18ClFO/c16-15-9-14(17)7-6-12(15)8-13(10-18)11-4-2-1-3-5-11/h6-9,11,18H,1-5,10H2/b13-8-. The zero-order chi connectivity index (χ0) is 13.0. The highest BCUT2D eigenvalue weighted by atomic mass is 35.5. The van der Waals surface area contributed by atoms with E-state index in [-0.39, 0.29) is 12.4 Å². The van der Waals surface area contributed by atoms with Gasteiger partial charge in [-0.1, -0.05) is 43.0 Å². The molecule has 1 fully saturated rings. The number of aliphatic hydroxyl groups excluding tert-OH is 1. The van der Waals surface area contributed by atoms with Gasteiger partial charge in [0.25, 0.3) is 0 Å². The molecule has 0 amide bonds. The molecule has 0 atom stereocenters. The summed E-state index contributed by atoms with van der Waals surface area (Å²) in [5.74, 6) is 0.116. The van der Waals surface area contributed by atoms with Crippen LogP contribution in [0.5, 0.6) is 0 Å². The van der Waals surface area contributed by atoms with E-state index >= 15 is 0 Å². The Labute approximate surface area is 112 Å². The molecule has 2 rings (SSSR count). The van der Waals surface area contributed by atoms with Gasteiger partial charge in [0.1, 0.15) is 5.82 Å². The van der Waals surface area contributed by atoms with E-state index < -0.39 is 0 Å². The molecule has 1 aromatic rings. The Morgan fingerprint density at radius 3 is 2.67 bits per heavy atom. The summed E-state index contributed by atoms with van der Waals surface area (Å²) >= 11 is 6.00. The van der Waals surface area contributed by atoms with Crippen LogP contribution in [0.3, 0.4) is 0 Å². The van der Waals surface area contributed by atoms with Gasteiger partial charge in [0, 0.05) is 0 Å². The number of aliphatic hydroxyl groups is 1. The van der Waals surface area contributed by atoms with E-state index in [0.29, 0.717) is 10.9 Å². The molecule has 1 aliphatic carbocycles. The van der Waals surface area contributed by atoms with Gasteiger partial charge in [0.05, 0.1) is 11.6 Å². The molecule has 1 nitrogen and oxygen atoms in total. The average molecular weight is 269 g/mol. The lowest BCUT2D eigenvalue weighted by Gasteiger charge is -2.23. The molecular weight excluding hydrogens is 251 g/mol. The van der Waals surface area contributed by atoms with Gasteiger partial charge in [-0.3, -0.25) is 0 Å². The third-order valence-corrected chi connectivity index (χ3v) is 3.94. The van der Waals surface area contributed by atoms with Gasteiger partial charge in [-0.15, -0.1) is 0 Å². The summed E-state index contributed by atoms with van der Waals surface area (Å²) < 4.78 is 13.0. The van der Waals surface area contributed by atoms with E-state index in [0.717, 1.165) is 24.0 Å². The molecular formula is C15H18ClFO. The van der Waals surface area contributed by atoms with Crippen molar-refractivity contribution in [2.24, 2.45) is 5.92 Å². The summed E-state index contributed by atoms with van der Waals surface area (Å²) in [7, 11) is 0. The Hall–Kier alpha value is -0.860. The van der Waals surface area contributed by atoms with Crippen LogP contribution in [-0.2, 0) is 0 Å². The molecule has 3 heteroatoms. The van der Waals surface area contributed by atoms with Crippen molar-refractivity contribution >= 4 is 17.7 Å². The minimum Gasteiger partial charge on any atom is -0.392 e. The van der Waals surface area contributed by atoms with Gasteiger partial charge in [0.15, 0.2) is 0 Å². The number of hydrogen-bond donors (Lipinski definition) is 1. The first-order chi connectivity index (χ1) is 8.70. The van der Waals surface area contributed by atoms with Crippen molar-refractivity contribution in [3.63, 3.8) is 0 Å². The quantitative estimate of drug-likeness (QED) is 0.860. The Morgan fingerprint density at radius 2 is 2.06 bits per heavy atom. The molecule has 0 spiro atoms. The minimum absolute atomic E-state index is 0.0539. The summed E-state index contributed by atoms with van der Waals surface area (Å²) in [5, 5.41) is 9.90. The lowest BCUT2D eigenvalue weighted by atomic mass is 9.83. The maximum Gasteiger partial charge on any atom is 0.124 e. The fourth-order valence-electron chi connectivity index (χ4n) is 2.58. The van der Waals surface area contributed by atoms with E-state index in [9.17, 15) is 9.50 Å². The first-order valence-electron chi connectivity index (χ1n) is 6.47. The predicted octanol–water partition coefficient (Wildman–Crippen LogP) is 4.44. The molecule has 0 radical (unpaired) electrons. The summed E-state index contributed by atoms with van der Waals surface area (Å²) in [4.78, 5) is 0. The lowest BCUT2D eigenvalue weighted by molar-refractivity contribution is 0.295. The number of benzene rings is 1. The van der Waals surface area contributed by atoms with Crippen molar-refractivity contribution in [2.45, 2.75) is 32.1 Å². The van der Waals surface area contributed by atoms with Gasteiger partial charge in [0.2, 0.25) is 0 Å². The predicted molar refractivity (Wildman–Crippen MR) is 73.0 cm³/mol. The summed E-state index contributed by atoms with van der Waals surface area (Å²) in [6.45, 7) is 0.0539. The van der Waals surface area contributed by atoms with Gasteiger partial charge in [-0.25, -0.2) is 4.39 Å². The molecule has 0 heterocycles. The molecule has 0 unspecified atom stereocenters. The first kappa shape index (κ1) is 13.6. The summed E-state index contributed by atoms with van der Waals surface area (Å²) in [5.41, 5.74) is 1.80. The van der Waals surface area contributed by atoms with E-state index in [1.807, 2.05) is 6.08 Å². The Balaban J connectivity index is 2.22. The molecule has 0 aliphatic heterocycles. The van der Waals surface area contributed by atoms with Crippen LogP contribution in [0.2, 0.25) is 5.02 Å². The molecule has 18 heavy (non-hydrogen) atoms. The minimum atomic E-state index is -0.333. The van der Waals surface area contributed by atoms with Crippen molar-refractivity contribution in [3.8, 4) is 0 Å². The van der Waals surface area contributed by atoms with Crippen LogP contribution < -0.4 is 0 Å². The highest BCUT2D eigenvalue weighted by molar-refractivity contribution is 6.32. The largest absolute Gasteiger partial charge is 0.392 e. The van der Waals surface area contributed by atoms with E-state index in [4.69, 9.17) is 11.6 Å². The Kier molecular flexibility index (Phi) is 4.79. The molecule has 98 valence electrons. The van der Waals surface area contributed by atoms with E-state index in [2.05, 4.69) is 0 Å². The molecule has 0 bridgehead atoms. The van der Waals surface area contributed by atoms with E-state index in [1.54, 1.807) is 6.07 Å². The second-order valence-electron chi connectivity index (χ2n) is 4.88. The number of halogens is 2. The van der Waals surface area contributed by atoms with Crippen molar-refractivity contribution in [3.05, 3.63) is 40.2 Å². The molecule has 1 aromatic carbocycles. The second kappa shape index (κ2) is 6.35. The summed E-state index contributed by atoms with van der Waals surface area (Å²) in [6.07, 6.45) is 7.90. The van der Waals surface area contributed by atoms with Gasteiger partial charge in [-0.05, 0) is 42.0 Å². The number of hydrogen-bond acceptors (Lipinski definition) is 1. The monoisotopic (exact) mass is 268 g/mol. The molecule has 1 saturated carbocycles. The molecule has 0 aromatic heterocycles. The first-order valence-corrected chi connectivity index (χ1v) is 6.85. The smallest absolute Gasteiger partial charge is 0.124 e. The third-order valence-electron chi connectivity index (χ3n) is 3.62. The van der Waals surface area contributed by atoms with Crippen LogP contribution in [0.25, 0.3) is 6.08 Å². The van der Waals surface area contributed by atoms with Crippen molar-refractivity contribution in [1.82, 2.24) is 0 Å². The van der Waals surface area contributed by atoms with Crippen LogP contribution in [0.4, 0.5) is 4.39 Å². The highest BCUT2D eigenvalue weighted by Gasteiger charge is 2.17. The topological polar surface area (TPSA) is 20.2 Å². The fourth-order valence-corrected chi connectivity index (χ4v) is 2.81. The normalized spacial score (nSPS) is 18.1. The van der Waals surface area contributed by atoms with Gasteiger partial charge >= 0.3 is 0 Å². The van der Waals surface area contributed by atoms with Crippen molar-refractivity contribution in [2.75, 3.05) is 6.61 Å². The molecule has 1 aliphatic rings. The fraction of sp³-hybridized carbons (Fsp3) is 0.467. The second-order valence-corrected chi connectivity index (χ2v) is 5.29. The third kappa shape index (κ3) is 3.33. The van der Waals surface area contributed by atoms with Crippen LogP contribution in [0.1, 0.15) is 37.7 Å². The molecule has 0 saturated heterocycles. The van der Waals surface area contributed by atoms with Gasteiger partial charge in [-0.2, -0.15) is 0 Å². The van der Waals surface area contributed by atoms with Crippen molar-refractivity contribution < 1.29 is 9.50 Å². The Bertz CT molecular complexity index is 436. The SMILES string of the molecule is OC/C(=C/c1ccc(F)cc1Cl)C1CCCCC1. The van der Waals surface area contributed by atoms with Crippen molar-refractivity contribution in [1.29, 1.82) is 0 Å². The molecule has 1 N–H and O–H groups in total. The maximum atomic E-state index is 13.0. The maximum absolute atomic E-state index is 13.0. The summed E-state index contributed by atoms with van der Waals surface area (Å²) in [6, 6.07) is 4.37. The lowest BCUT2D eigenvalue weighted by Crippen LogP contribution is -2.11. The average Bonchev–Trinajstić information content (AvgIpc) is 2.39. The van der Waals surface area contributed by atoms with Crippen LogP contribution in [0, 0.1) is 11.7 Å². The number of rotatable bonds is 3. The van der Waals surface area contributed by atoms with Crippen LogP contribution in [-0.4, -0.2) is 11.7 Å². The zero-order valence-electron chi connectivity index (χ0n) is 10.3. The van der Waals surface area contributed by atoms with Crippen LogP contribution >= 0.6 is 11.6 Å².